The summed E-state index contributed by atoms with van der Waals surface area (Å²) in [5.74, 6) is 0.412. The molecule has 0 radical (unpaired) electrons. The van der Waals surface area contributed by atoms with Gasteiger partial charge in [-0.15, -0.1) is 10.2 Å². The summed E-state index contributed by atoms with van der Waals surface area (Å²) in [6, 6.07) is 13.4. The van der Waals surface area contributed by atoms with Crippen LogP contribution in [0.5, 0.6) is 0 Å². The fourth-order valence-electron chi connectivity index (χ4n) is 3.34. The molecule has 1 N–H and O–H groups in total. The minimum Gasteiger partial charge on any atom is -0.321 e. The van der Waals surface area contributed by atoms with Crippen LogP contribution in [0.3, 0.4) is 0 Å². The van der Waals surface area contributed by atoms with Gasteiger partial charge < -0.3 is 9.88 Å². The van der Waals surface area contributed by atoms with E-state index in [1.165, 1.54) is 0 Å². The molecule has 4 aromatic rings. The van der Waals surface area contributed by atoms with Gasteiger partial charge in [0.25, 0.3) is 5.91 Å². The van der Waals surface area contributed by atoms with Crippen LogP contribution in [0.2, 0.25) is 5.02 Å². The molecule has 3 aromatic heterocycles. The van der Waals surface area contributed by atoms with Gasteiger partial charge >= 0.3 is 0 Å². The maximum Gasteiger partial charge on any atom is 0.275 e. The van der Waals surface area contributed by atoms with E-state index in [4.69, 9.17) is 11.6 Å². The molecule has 1 saturated carbocycles. The van der Waals surface area contributed by atoms with E-state index in [2.05, 4.69) is 30.0 Å². The van der Waals surface area contributed by atoms with Crippen LogP contribution in [0.25, 0.3) is 22.5 Å². The van der Waals surface area contributed by atoms with Gasteiger partial charge in [0, 0.05) is 47.0 Å². The third kappa shape index (κ3) is 3.55. The highest BCUT2D eigenvalue weighted by molar-refractivity contribution is 6.36. The van der Waals surface area contributed by atoms with E-state index in [0.29, 0.717) is 17.3 Å². The number of anilines is 1. The third-order valence-electron chi connectivity index (χ3n) is 4.97. The highest BCUT2D eigenvalue weighted by Crippen LogP contribution is 2.37. The summed E-state index contributed by atoms with van der Waals surface area (Å²) in [4.78, 5) is 21.2. The molecule has 8 heteroatoms. The summed E-state index contributed by atoms with van der Waals surface area (Å²) < 4.78 is 2.08. The number of benzene rings is 1. The Morgan fingerprint density at radius 1 is 1.10 bits per heavy atom. The van der Waals surface area contributed by atoms with Crippen molar-refractivity contribution in [3.63, 3.8) is 0 Å². The molecule has 0 aliphatic heterocycles. The van der Waals surface area contributed by atoms with E-state index in [0.717, 1.165) is 29.8 Å². The van der Waals surface area contributed by atoms with Gasteiger partial charge in [0.1, 0.15) is 12.0 Å². The molecule has 0 bridgehead atoms. The standard InChI is InChI=1S/C22H17ClN6O/c23-19-18(15-4-2-9-24-12-15)8-10-25-20(19)22(30)27-16-5-1-3-14(11-16)21-28-26-13-29(21)17-6-7-17/h1-5,8-13,17H,6-7H2,(H,27,30). The number of hydrogen-bond acceptors (Lipinski definition) is 5. The average Bonchev–Trinajstić information content (AvgIpc) is 3.50. The van der Waals surface area contributed by atoms with Crippen molar-refractivity contribution in [3.05, 3.63) is 78.1 Å². The summed E-state index contributed by atoms with van der Waals surface area (Å²) in [7, 11) is 0. The number of nitrogens with one attached hydrogen (secondary N) is 1. The number of pyridine rings is 2. The van der Waals surface area contributed by atoms with Gasteiger partial charge in [0.2, 0.25) is 0 Å². The van der Waals surface area contributed by atoms with Crippen molar-refractivity contribution in [2.45, 2.75) is 18.9 Å². The number of halogens is 1. The maximum atomic E-state index is 12.9. The van der Waals surface area contributed by atoms with Crippen LogP contribution in [0, 0.1) is 0 Å². The molecule has 3 heterocycles. The first-order valence-corrected chi connectivity index (χ1v) is 9.94. The van der Waals surface area contributed by atoms with E-state index < -0.39 is 0 Å². The normalized spacial score (nSPS) is 13.2. The van der Waals surface area contributed by atoms with Crippen LogP contribution in [-0.4, -0.2) is 30.6 Å². The molecule has 0 spiro atoms. The van der Waals surface area contributed by atoms with E-state index in [1.54, 1.807) is 31.0 Å². The molecule has 1 amide bonds. The lowest BCUT2D eigenvalue weighted by atomic mass is 10.1. The molecule has 0 saturated heterocycles. The Hall–Kier alpha value is -3.58. The molecule has 30 heavy (non-hydrogen) atoms. The zero-order valence-electron chi connectivity index (χ0n) is 15.9. The van der Waals surface area contributed by atoms with Crippen LogP contribution < -0.4 is 5.32 Å². The molecule has 1 aromatic carbocycles. The molecule has 1 aliphatic rings. The average molecular weight is 417 g/mol. The van der Waals surface area contributed by atoms with Crippen molar-refractivity contribution in [2.75, 3.05) is 5.32 Å². The first-order chi connectivity index (χ1) is 14.7. The van der Waals surface area contributed by atoms with Crippen molar-refractivity contribution < 1.29 is 4.79 Å². The van der Waals surface area contributed by atoms with Gasteiger partial charge in [-0.1, -0.05) is 29.8 Å². The number of hydrogen-bond donors (Lipinski definition) is 1. The van der Waals surface area contributed by atoms with Crippen molar-refractivity contribution in [1.82, 2.24) is 24.7 Å². The number of rotatable bonds is 5. The van der Waals surface area contributed by atoms with Crippen LogP contribution in [-0.2, 0) is 0 Å². The number of nitrogens with zero attached hydrogens (tertiary/aromatic N) is 5. The molecular formula is C22H17ClN6O. The Morgan fingerprint density at radius 3 is 2.77 bits per heavy atom. The van der Waals surface area contributed by atoms with Crippen molar-refractivity contribution >= 4 is 23.2 Å². The van der Waals surface area contributed by atoms with Gasteiger partial charge in [-0.3, -0.25) is 9.78 Å². The van der Waals surface area contributed by atoms with Gasteiger partial charge in [-0.05, 0) is 37.1 Å². The SMILES string of the molecule is O=C(Nc1cccc(-c2nncn2C2CC2)c1)c1nccc(-c2cccnc2)c1Cl. The molecule has 148 valence electrons. The lowest BCUT2D eigenvalue weighted by Crippen LogP contribution is -2.14. The van der Waals surface area contributed by atoms with E-state index in [-0.39, 0.29) is 16.6 Å². The van der Waals surface area contributed by atoms with Gasteiger partial charge in [0.15, 0.2) is 5.82 Å². The summed E-state index contributed by atoms with van der Waals surface area (Å²) in [5, 5.41) is 11.5. The van der Waals surface area contributed by atoms with E-state index in [1.807, 2.05) is 36.4 Å². The maximum absolute atomic E-state index is 12.9. The van der Waals surface area contributed by atoms with Crippen molar-refractivity contribution in [3.8, 4) is 22.5 Å². The molecule has 7 nitrogen and oxygen atoms in total. The summed E-state index contributed by atoms with van der Waals surface area (Å²) >= 11 is 6.51. The number of carbonyl (C=O) groups is 1. The van der Waals surface area contributed by atoms with E-state index >= 15 is 0 Å². The lowest BCUT2D eigenvalue weighted by Gasteiger charge is -2.11. The number of carbonyl (C=O) groups excluding carboxylic acids is 1. The Kier molecular flexibility index (Phi) is 4.72. The van der Waals surface area contributed by atoms with Crippen molar-refractivity contribution in [2.24, 2.45) is 0 Å². The molecule has 0 atom stereocenters. The zero-order valence-corrected chi connectivity index (χ0v) is 16.6. The summed E-state index contributed by atoms with van der Waals surface area (Å²) in [6.45, 7) is 0. The van der Waals surface area contributed by atoms with Gasteiger partial charge in [0.05, 0.1) is 5.02 Å². The highest BCUT2D eigenvalue weighted by atomic mass is 35.5. The lowest BCUT2D eigenvalue weighted by molar-refractivity contribution is 0.102. The minimum absolute atomic E-state index is 0.157. The second-order valence-electron chi connectivity index (χ2n) is 7.09. The molecule has 5 rings (SSSR count). The zero-order chi connectivity index (χ0) is 20.5. The van der Waals surface area contributed by atoms with Crippen LogP contribution >= 0.6 is 11.6 Å². The van der Waals surface area contributed by atoms with E-state index in [9.17, 15) is 4.79 Å². The molecule has 1 fully saturated rings. The molecule has 1 aliphatic carbocycles. The highest BCUT2D eigenvalue weighted by Gasteiger charge is 2.26. The largest absolute Gasteiger partial charge is 0.321 e. The van der Waals surface area contributed by atoms with Crippen LogP contribution in [0.1, 0.15) is 29.4 Å². The monoisotopic (exact) mass is 416 g/mol. The first kappa shape index (κ1) is 18.4. The predicted molar refractivity (Wildman–Crippen MR) is 114 cm³/mol. The van der Waals surface area contributed by atoms with Crippen LogP contribution in [0.15, 0.2) is 67.4 Å². The fraction of sp³-hybridized carbons (Fsp3) is 0.136. The Morgan fingerprint density at radius 2 is 1.97 bits per heavy atom. The van der Waals surface area contributed by atoms with Gasteiger partial charge in [-0.2, -0.15) is 0 Å². The molecule has 0 unspecified atom stereocenters. The van der Waals surface area contributed by atoms with Gasteiger partial charge in [-0.25, -0.2) is 4.98 Å². The quantitative estimate of drug-likeness (QED) is 0.512. The first-order valence-electron chi connectivity index (χ1n) is 9.57. The minimum atomic E-state index is -0.383. The Labute approximate surface area is 177 Å². The Balaban J connectivity index is 1.42. The number of amides is 1. The predicted octanol–water partition coefficient (Wildman–Crippen LogP) is 4.64. The second-order valence-corrected chi connectivity index (χ2v) is 7.47. The fourth-order valence-corrected chi connectivity index (χ4v) is 3.65. The summed E-state index contributed by atoms with van der Waals surface area (Å²) in [6.07, 6.45) is 8.98. The topological polar surface area (TPSA) is 85.6 Å². The Bertz CT molecular complexity index is 1220. The van der Waals surface area contributed by atoms with Crippen molar-refractivity contribution in [1.29, 1.82) is 0 Å². The second kappa shape index (κ2) is 7.68. The summed E-state index contributed by atoms with van der Waals surface area (Å²) in [5.41, 5.74) is 3.20. The van der Waals surface area contributed by atoms with Crippen LogP contribution in [0.4, 0.5) is 5.69 Å². The molecular weight excluding hydrogens is 400 g/mol. The number of aromatic nitrogens is 5. The smallest absolute Gasteiger partial charge is 0.275 e. The third-order valence-corrected chi connectivity index (χ3v) is 5.35.